The van der Waals surface area contributed by atoms with Gasteiger partial charge in [-0.15, -0.1) is 0 Å². The molecular formula is C40H90N4+4. The molecular weight excluding hydrogens is 536 g/mol. The van der Waals surface area contributed by atoms with Crippen molar-refractivity contribution in [3.63, 3.8) is 0 Å². The van der Waals surface area contributed by atoms with Gasteiger partial charge in [-0.25, -0.2) is 0 Å². The van der Waals surface area contributed by atoms with Crippen LogP contribution in [0.5, 0.6) is 0 Å². The van der Waals surface area contributed by atoms with E-state index in [1.807, 2.05) is 0 Å². The van der Waals surface area contributed by atoms with E-state index in [4.69, 9.17) is 0 Å². The monoisotopic (exact) mass is 627 g/mol. The molecule has 0 saturated carbocycles. The second kappa shape index (κ2) is 25.9. The predicted molar refractivity (Wildman–Crippen MR) is 200 cm³/mol. The lowest BCUT2D eigenvalue weighted by Crippen LogP contribution is -2.49. The highest BCUT2D eigenvalue weighted by molar-refractivity contribution is 4.53. The zero-order valence-electron chi connectivity index (χ0n) is 33.0. The first-order valence-electron chi connectivity index (χ1n) is 20.6. The molecule has 44 heavy (non-hydrogen) atoms. The van der Waals surface area contributed by atoms with Gasteiger partial charge in [0.1, 0.15) is 0 Å². The van der Waals surface area contributed by atoms with E-state index in [0.717, 1.165) is 0 Å². The SMILES string of the molecule is CC[N+](CC)(CC)CCCCCC[N+](CC)(CC)CCCCCCCC[N+](CC)(CC)CCCCCC[N+](CC)(CC)CC. The third-order valence-corrected chi connectivity index (χ3v) is 13.3. The van der Waals surface area contributed by atoms with Gasteiger partial charge >= 0.3 is 0 Å². The van der Waals surface area contributed by atoms with Gasteiger partial charge in [0, 0.05) is 0 Å². The molecule has 0 rings (SSSR count). The molecule has 0 aromatic heterocycles. The average Bonchev–Trinajstić information content (AvgIpc) is 3.07. The maximum absolute atomic E-state index is 2.44. The number of unbranched alkanes of at least 4 members (excludes halogenated alkanes) is 11. The van der Waals surface area contributed by atoms with Crippen LogP contribution in [0, 0.1) is 0 Å². The summed E-state index contributed by atoms with van der Waals surface area (Å²) in [5.41, 5.74) is 0. The number of nitrogens with zero attached hydrogens (tertiary/aromatic N) is 4. The summed E-state index contributed by atoms with van der Waals surface area (Å²) in [7, 11) is 0. The molecule has 0 bridgehead atoms. The van der Waals surface area contributed by atoms with Crippen LogP contribution >= 0.6 is 0 Å². The van der Waals surface area contributed by atoms with Crippen molar-refractivity contribution < 1.29 is 17.9 Å². The molecule has 0 fully saturated rings. The van der Waals surface area contributed by atoms with Crippen LogP contribution in [0.1, 0.15) is 159 Å². The van der Waals surface area contributed by atoms with E-state index in [2.05, 4.69) is 69.2 Å². The van der Waals surface area contributed by atoms with Gasteiger partial charge in [-0.05, 0) is 146 Å². The van der Waals surface area contributed by atoms with Gasteiger partial charge in [0.2, 0.25) is 0 Å². The van der Waals surface area contributed by atoms with E-state index in [9.17, 15) is 0 Å². The molecule has 0 saturated heterocycles. The highest BCUT2D eigenvalue weighted by Crippen LogP contribution is 2.18. The van der Waals surface area contributed by atoms with Crippen molar-refractivity contribution in [1.82, 2.24) is 0 Å². The Labute approximate surface area is 281 Å². The van der Waals surface area contributed by atoms with Crippen LogP contribution in [-0.2, 0) is 0 Å². The summed E-state index contributed by atoms with van der Waals surface area (Å²) in [6.07, 6.45) is 20.1. The quantitative estimate of drug-likeness (QED) is 0.0502. The normalized spacial score (nSPS) is 13.2. The van der Waals surface area contributed by atoms with Gasteiger partial charge in [-0.1, -0.05) is 12.8 Å². The summed E-state index contributed by atoms with van der Waals surface area (Å²) in [6.45, 7) is 45.6. The van der Waals surface area contributed by atoms with Crippen molar-refractivity contribution in [3.8, 4) is 0 Å². The number of hydrogen-bond acceptors (Lipinski definition) is 0. The molecule has 0 atom stereocenters. The Morgan fingerprint density at radius 2 is 0.318 bits per heavy atom. The molecule has 0 spiro atoms. The topological polar surface area (TPSA) is 0 Å². The summed E-state index contributed by atoms with van der Waals surface area (Å²) < 4.78 is 5.36. The van der Waals surface area contributed by atoms with Crippen LogP contribution in [0.2, 0.25) is 0 Å². The first-order chi connectivity index (χ1) is 21.2. The second-order valence-corrected chi connectivity index (χ2v) is 14.8. The smallest absolute Gasteiger partial charge is 0.0786 e. The minimum atomic E-state index is 1.30. The summed E-state index contributed by atoms with van der Waals surface area (Å²) in [4.78, 5) is 0. The molecule has 0 aliphatic carbocycles. The third kappa shape index (κ3) is 16.6. The Hall–Kier alpha value is -0.160. The van der Waals surface area contributed by atoms with Crippen LogP contribution in [0.3, 0.4) is 0 Å². The molecule has 0 aromatic carbocycles. The highest BCUT2D eigenvalue weighted by Gasteiger charge is 2.24. The number of quaternary nitrogens is 4. The lowest BCUT2D eigenvalue weighted by atomic mass is 10.1. The van der Waals surface area contributed by atoms with E-state index < -0.39 is 0 Å². The zero-order chi connectivity index (χ0) is 33.2. The molecule has 266 valence electrons. The van der Waals surface area contributed by atoms with E-state index >= 15 is 0 Å². The standard InChI is InChI=1S/C40H90N4/c1-11-41(12-2,13-3)35-29-25-27-33-39-43(17-7,18-8)37-31-23-21-22-24-32-38-44(19-9,20-10)40-34-28-26-30-36-42(14-4,15-5)16-6/h11-40H2,1-10H3/q+4. The molecule has 4 heteroatoms. The van der Waals surface area contributed by atoms with E-state index in [0.29, 0.717) is 0 Å². The average molecular weight is 627 g/mol. The van der Waals surface area contributed by atoms with Crippen molar-refractivity contribution in [3.05, 3.63) is 0 Å². The minimum absolute atomic E-state index is 1.30. The lowest BCUT2D eigenvalue weighted by molar-refractivity contribution is -0.925. The summed E-state index contributed by atoms with van der Waals surface area (Å²) >= 11 is 0. The molecule has 0 amide bonds. The fourth-order valence-corrected chi connectivity index (χ4v) is 8.32. The maximum Gasteiger partial charge on any atom is 0.0786 e. The van der Waals surface area contributed by atoms with Crippen LogP contribution in [0.25, 0.3) is 0 Å². The summed E-state index contributed by atoms with van der Waals surface area (Å²) in [5.74, 6) is 0. The molecule has 0 radical (unpaired) electrons. The van der Waals surface area contributed by atoms with Crippen LogP contribution in [0.4, 0.5) is 0 Å². The Balaban J connectivity index is 4.21. The van der Waals surface area contributed by atoms with Gasteiger partial charge in [-0.2, -0.15) is 0 Å². The second-order valence-electron chi connectivity index (χ2n) is 14.8. The van der Waals surface area contributed by atoms with Crippen LogP contribution in [0.15, 0.2) is 0 Å². The van der Waals surface area contributed by atoms with Crippen molar-refractivity contribution in [2.75, 3.05) is 105 Å². The van der Waals surface area contributed by atoms with Gasteiger partial charge in [-0.3, -0.25) is 0 Å². The largest absolute Gasteiger partial charge is 0.324 e. The van der Waals surface area contributed by atoms with Crippen molar-refractivity contribution in [1.29, 1.82) is 0 Å². The Morgan fingerprint density at radius 1 is 0.182 bits per heavy atom. The first-order valence-corrected chi connectivity index (χ1v) is 20.6. The fraction of sp³-hybridized carbons (Fsp3) is 1.00. The Bertz CT molecular complexity index is 546. The first kappa shape index (κ1) is 43.8. The van der Waals surface area contributed by atoms with E-state index in [1.165, 1.54) is 213 Å². The summed E-state index contributed by atoms with van der Waals surface area (Å²) in [6, 6.07) is 0. The predicted octanol–water partition coefficient (Wildman–Crippen LogP) is 9.91. The van der Waals surface area contributed by atoms with Crippen molar-refractivity contribution >= 4 is 0 Å². The third-order valence-electron chi connectivity index (χ3n) is 13.3. The Kier molecular flexibility index (Phi) is 25.8. The molecule has 4 nitrogen and oxygen atoms in total. The van der Waals surface area contributed by atoms with Crippen molar-refractivity contribution in [2.24, 2.45) is 0 Å². The van der Waals surface area contributed by atoms with Gasteiger partial charge < -0.3 is 17.9 Å². The Morgan fingerprint density at radius 3 is 0.477 bits per heavy atom. The summed E-state index contributed by atoms with van der Waals surface area (Å²) in [5, 5.41) is 0. The molecule has 0 aromatic rings. The molecule has 0 aliphatic rings. The highest BCUT2D eigenvalue weighted by atomic mass is 15.4. The molecule has 0 aliphatic heterocycles. The van der Waals surface area contributed by atoms with Gasteiger partial charge in [0.25, 0.3) is 0 Å². The van der Waals surface area contributed by atoms with Crippen LogP contribution in [-0.4, -0.2) is 123 Å². The molecule has 0 unspecified atom stereocenters. The van der Waals surface area contributed by atoms with Gasteiger partial charge in [0.15, 0.2) is 0 Å². The zero-order valence-corrected chi connectivity index (χ0v) is 33.0. The molecule has 0 heterocycles. The van der Waals surface area contributed by atoms with Gasteiger partial charge in [0.05, 0.1) is 105 Å². The van der Waals surface area contributed by atoms with Crippen molar-refractivity contribution in [2.45, 2.75) is 159 Å². The van der Waals surface area contributed by atoms with Crippen LogP contribution < -0.4 is 0 Å². The maximum atomic E-state index is 2.44. The lowest BCUT2D eigenvalue weighted by Gasteiger charge is -2.37. The number of rotatable bonds is 33. The van der Waals surface area contributed by atoms with E-state index in [1.54, 1.807) is 0 Å². The minimum Gasteiger partial charge on any atom is -0.324 e. The molecule has 0 N–H and O–H groups in total. The van der Waals surface area contributed by atoms with E-state index in [-0.39, 0.29) is 0 Å². The fourth-order valence-electron chi connectivity index (χ4n) is 8.32. The number of hydrogen-bond donors (Lipinski definition) is 0.